The van der Waals surface area contributed by atoms with E-state index in [-0.39, 0.29) is 16.3 Å². The highest BCUT2D eigenvalue weighted by Gasteiger charge is 2.24. The molecule has 0 atom stereocenters. The number of nitro groups is 1. The average Bonchev–Trinajstić information content (AvgIpc) is 2.55. The lowest BCUT2D eigenvalue weighted by Gasteiger charge is -2.04. The van der Waals surface area contributed by atoms with Crippen molar-refractivity contribution in [2.24, 2.45) is 7.05 Å². The highest BCUT2D eigenvalue weighted by atomic mass is 35.5. The van der Waals surface area contributed by atoms with E-state index in [1.165, 1.54) is 0 Å². The number of nitrogens with one attached hydrogen (secondary N) is 1. The maximum Gasteiger partial charge on any atom is 0.348 e. The van der Waals surface area contributed by atoms with Crippen LogP contribution in [0.5, 0.6) is 0 Å². The Hall–Kier alpha value is -1.93. The second-order valence-corrected chi connectivity index (χ2v) is 4.35. The Kier molecular flexibility index (Phi) is 3.54. The van der Waals surface area contributed by atoms with Crippen LogP contribution in [0.15, 0.2) is 6.07 Å². The van der Waals surface area contributed by atoms with Crippen molar-refractivity contribution >= 4 is 40.5 Å². The van der Waals surface area contributed by atoms with Crippen LogP contribution in [0.1, 0.15) is 5.69 Å². The molecule has 0 spiro atoms. The van der Waals surface area contributed by atoms with Crippen LogP contribution in [0, 0.1) is 17.0 Å². The van der Waals surface area contributed by atoms with Crippen LogP contribution < -0.4 is 5.32 Å². The molecule has 19 heavy (non-hydrogen) atoms. The number of anilines is 2. The summed E-state index contributed by atoms with van der Waals surface area (Å²) in [4.78, 5) is 17.6. The van der Waals surface area contributed by atoms with Crippen LogP contribution in [-0.4, -0.2) is 24.7 Å². The third-order valence-corrected chi connectivity index (χ3v) is 2.79. The van der Waals surface area contributed by atoms with Gasteiger partial charge in [0.15, 0.2) is 5.82 Å². The number of halogens is 2. The molecule has 8 nitrogen and oxygen atoms in total. The molecule has 0 amide bonds. The average molecular weight is 303 g/mol. The van der Waals surface area contributed by atoms with Gasteiger partial charge in [-0.05, 0) is 18.5 Å². The van der Waals surface area contributed by atoms with E-state index in [0.717, 1.165) is 5.69 Å². The Balaban J connectivity index is 2.46. The first kappa shape index (κ1) is 13.5. The lowest BCUT2D eigenvalue weighted by atomic mass is 10.4. The summed E-state index contributed by atoms with van der Waals surface area (Å²) in [6.45, 7) is 1.84. The maximum absolute atomic E-state index is 10.9. The first-order valence-corrected chi connectivity index (χ1v) is 5.79. The monoisotopic (exact) mass is 302 g/mol. The lowest BCUT2D eigenvalue weighted by Crippen LogP contribution is -2.03. The van der Waals surface area contributed by atoms with E-state index in [9.17, 15) is 10.1 Å². The molecule has 10 heteroatoms. The highest BCUT2D eigenvalue weighted by molar-refractivity contribution is 6.33. The largest absolute Gasteiger partial charge is 0.348 e. The molecular weight excluding hydrogens is 295 g/mol. The Morgan fingerprint density at radius 3 is 2.63 bits per heavy atom. The van der Waals surface area contributed by atoms with Gasteiger partial charge in [0.25, 0.3) is 0 Å². The van der Waals surface area contributed by atoms with Crippen molar-refractivity contribution < 1.29 is 4.92 Å². The number of rotatable bonds is 3. The molecule has 2 aromatic rings. The van der Waals surface area contributed by atoms with E-state index in [0.29, 0.717) is 5.82 Å². The van der Waals surface area contributed by atoms with Gasteiger partial charge < -0.3 is 5.32 Å². The SMILES string of the molecule is Cc1cc(Nc2nc(Cl)nc(Cl)c2[N+](=O)[O-])nn1C. The van der Waals surface area contributed by atoms with Crippen molar-refractivity contribution in [3.63, 3.8) is 0 Å². The maximum atomic E-state index is 10.9. The Morgan fingerprint density at radius 1 is 1.42 bits per heavy atom. The first-order chi connectivity index (χ1) is 8.88. The third kappa shape index (κ3) is 2.74. The smallest absolute Gasteiger partial charge is 0.317 e. The molecule has 100 valence electrons. The van der Waals surface area contributed by atoms with E-state index in [2.05, 4.69) is 20.4 Å². The van der Waals surface area contributed by atoms with Gasteiger partial charge in [-0.15, -0.1) is 0 Å². The van der Waals surface area contributed by atoms with Crippen molar-refractivity contribution in [1.82, 2.24) is 19.7 Å². The molecule has 2 rings (SSSR count). The van der Waals surface area contributed by atoms with Gasteiger partial charge in [-0.25, -0.2) is 0 Å². The molecule has 0 saturated carbocycles. The minimum atomic E-state index is -0.684. The molecule has 2 heterocycles. The van der Waals surface area contributed by atoms with Gasteiger partial charge in [0.2, 0.25) is 16.3 Å². The van der Waals surface area contributed by atoms with Crippen molar-refractivity contribution in [1.29, 1.82) is 0 Å². The van der Waals surface area contributed by atoms with Crippen molar-refractivity contribution in [2.45, 2.75) is 6.92 Å². The molecule has 1 N–H and O–H groups in total. The third-order valence-electron chi connectivity index (χ3n) is 2.36. The second-order valence-electron chi connectivity index (χ2n) is 3.66. The van der Waals surface area contributed by atoms with Crippen molar-refractivity contribution in [2.75, 3.05) is 5.32 Å². The minimum Gasteiger partial charge on any atom is -0.317 e. The predicted molar refractivity (Wildman–Crippen MR) is 69.9 cm³/mol. The highest BCUT2D eigenvalue weighted by Crippen LogP contribution is 2.32. The summed E-state index contributed by atoms with van der Waals surface area (Å²) in [6.07, 6.45) is 0. The molecule has 0 saturated heterocycles. The fourth-order valence-corrected chi connectivity index (χ4v) is 1.84. The zero-order valence-electron chi connectivity index (χ0n) is 9.89. The predicted octanol–water partition coefficient (Wildman–Crippen LogP) is 2.48. The number of nitrogens with zero attached hydrogens (tertiary/aromatic N) is 5. The summed E-state index contributed by atoms with van der Waals surface area (Å²) in [5, 5.41) is 17.2. The van der Waals surface area contributed by atoms with Crippen LogP contribution in [0.25, 0.3) is 0 Å². The van der Waals surface area contributed by atoms with E-state index in [4.69, 9.17) is 23.2 Å². The number of aromatic nitrogens is 4. The van der Waals surface area contributed by atoms with Crippen LogP contribution in [-0.2, 0) is 7.05 Å². The fraction of sp³-hybridized carbons (Fsp3) is 0.222. The summed E-state index contributed by atoms with van der Waals surface area (Å²) in [5.41, 5.74) is 0.422. The topological polar surface area (TPSA) is 98.8 Å². The standard InChI is InChI=1S/C9H8Cl2N6O2/c1-4-3-5(15-16(4)2)12-8-6(17(18)19)7(10)13-9(11)14-8/h3H,1-2H3,(H,12,13,14,15). The summed E-state index contributed by atoms with van der Waals surface area (Å²) >= 11 is 11.3. The minimum absolute atomic E-state index is 0.104. The zero-order valence-corrected chi connectivity index (χ0v) is 11.4. The number of hydrogen-bond acceptors (Lipinski definition) is 6. The van der Waals surface area contributed by atoms with E-state index < -0.39 is 10.6 Å². The van der Waals surface area contributed by atoms with Gasteiger partial charge in [0.1, 0.15) is 0 Å². The van der Waals surface area contributed by atoms with Crippen LogP contribution >= 0.6 is 23.2 Å². The van der Waals surface area contributed by atoms with Crippen molar-refractivity contribution in [3.05, 3.63) is 32.3 Å². The molecule has 0 radical (unpaired) electrons. The summed E-state index contributed by atoms with van der Waals surface area (Å²) < 4.78 is 1.61. The van der Waals surface area contributed by atoms with Gasteiger partial charge in [0, 0.05) is 18.8 Å². The van der Waals surface area contributed by atoms with Gasteiger partial charge in [-0.1, -0.05) is 11.6 Å². The zero-order chi connectivity index (χ0) is 14.2. The molecule has 2 aromatic heterocycles. The van der Waals surface area contributed by atoms with Crippen molar-refractivity contribution in [3.8, 4) is 0 Å². The Labute approximate surface area is 117 Å². The molecule has 0 bridgehead atoms. The van der Waals surface area contributed by atoms with Gasteiger partial charge in [0.05, 0.1) is 4.92 Å². The Morgan fingerprint density at radius 2 is 2.11 bits per heavy atom. The van der Waals surface area contributed by atoms with Gasteiger partial charge in [-0.3, -0.25) is 14.8 Å². The molecule has 0 aliphatic heterocycles. The van der Waals surface area contributed by atoms with Gasteiger partial charge in [-0.2, -0.15) is 15.1 Å². The van der Waals surface area contributed by atoms with Gasteiger partial charge >= 0.3 is 5.69 Å². The fourth-order valence-electron chi connectivity index (χ4n) is 1.39. The molecule has 0 aromatic carbocycles. The van der Waals surface area contributed by atoms with E-state index in [1.54, 1.807) is 17.8 Å². The summed E-state index contributed by atoms with van der Waals surface area (Å²) in [7, 11) is 1.74. The molecule has 0 aliphatic carbocycles. The molecular formula is C9H8Cl2N6O2. The van der Waals surface area contributed by atoms with E-state index in [1.807, 2.05) is 6.92 Å². The number of aryl methyl sites for hydroxylation is 2. The van der Waals surface area contributed by atoms with E-state index >= 15 is 0 Å². The molecule has 0 unspecified atom stereocenters. The van der Waals surface area contributed by atoms with Crippen LogP contribution in [0.2, 0.25) is 10.4 Å². The first-order valence-electron chi connectivity index (χ1n) is 5.03. The lowest BCUT2D eigenvalue weighted by molar-refractivity contribution is -0.384. The summed E-state index contributed by atoms with van der Waals surface area (Å²) in [5.74, 6) is 0.294. The molecule has 0 aliphatic rings. The quantitative estimate of drug-likeness (QED) is 0.405. The normalized spacial score (nSPS) is 10.5. The number of hydrogen-bond donors (Lipinski definition) is 1. The molecule has 0 fully saturated rings. The van der Waals surface area contributed by atoms with Crippen LogP contribution in [0.4, 0.5) is 17.3 Å². The second kappa shape index (κ2) is 4.98. The Bertz CT molecular complexity index is 637. The summed E-state index contributed by atoms with van der Waals surface area (Å²) in [6, 6.07) is 1.70. The van der Waals surface area contributed by atoms with Crippen LogP contribution in [0.3, 0.4) is 0 Å².